The van der Waals surface area contributed by atoms with Gasteiger partial charge in [-0.05, 0) is 186 Å². The van der Waals surface area contributed by atoms with Gasteiger partial charge in [-0.25, -0.2) is 0 Å². The zero-order valence-electron chi connectivity index (χ0n) is 65.1. The van der Waals surface area contributed by atoms with Crippen molar-refractivity contribution in [1.29, 1.82) is 5.26 Å². The first-order valence-electron chi connectivity index (χ1n) is 37.4. The molecule has 2 aliphatic rings. The Morgan fingerprint density at radius 3 is 1.38 bits per heavy atom. The Bertz CT molecular complexity index is 5900. The van der Waals surface area contributed by atoms with E-state index >= 15 is 0 Å². The molecule has 2 aromatic heterocycles. The molecule has 6 heteroatoms. The Balaban J connectivity index is 1.06. The minimum absolute atomic E-state index is 0.0304. The number of benzene rings is 12. The predicted molar refractivity (Wildman–Crippen MR) is 386 cm³/mol. The highest BCUT2D eigenvalue weighted by molar-refractivity contribution is 7.00. The molecule has 12 aromatic carbocycles. The van der Waals surface area contributed by atoms with E-state index < -0.39 is 78.6 Å². The molecule has 0 amide bonds. The van der Waals surface area contributed by atoms with E-state index in [-0.39, 0.29) is 50.3 Å². The van der Waals surface area contributed by atoms with Crippen LogP contribution in [0.25, 0.3) is 88.4 Å². The van der Waals surface area contributed by atoms with Gasteiger partial charge >= 0.3 is 0 Å². The number of nitrogens with zero attached hydrogens (tertiary/aromatic N) is 5. The zero-order chi connectivity index (χ0) is 73.6. The largest absolute Gasteiger partial charge is 0.311 e. The SMILES string of the molecule is [2H]c1c([2H])c([2H])c(-c2ccc3c(c2)N(c2cc(-c4ccccc4)cc(-c4ccccc4)c2)c2cc(C(C)(C)C)cc4c2B3c2ccc(-n3c5c([2H])c([2H])c([2H])c([2H])c5c5c([2H])c([2H])c([2H])c([2H])c53)cc2N4c2ccc(C#N)c(-n3c4ccc(C(C)(C)C)cc4c4cc(C(C)(C)C)ccc43)c2)c([2H])c1[2H]. The van der Waals surface area contributed by atoms with E-state index in [1.165, 1.54) is 0 Å². The summed E-state index contributed by atoms with van der Waals surface area (Å²) in [6.07, 6.45) is 0. The van der Waals surface area contributed by atoms with Crippen molar-refractivity contribution in [2.24, 2.45) is 0 Å². The third-order valence-electron chi connectivity index (χ3n) is 18.5. The first kappa shape index (κ1) is 43.1. The first-order valence-corrected chi connectivity index (χ1v) is 30.9. The Hall–Kier alpha value is -10.6. The molecule has 91 heavy (non-hydrogen) atoms. The van der Waals surface area contributed by atoms with Crippen molar-refractivity contribution in [2.75, 3.05) is 9.80 Å². The van der Waals surface area contributed by atoms with Crippen molar-refractivity contribution >= 4 is 101 Å². The predicted octanol–water partition coefficient (Wildman–Crippen LogP) is 20.7. The molecule has 0 atom stereocenters. The number of fused-ring (bicyclic) bond motifs is 10. The number of hydrogen-bond donors (Lipinski definition) is 0. The molecule has 14 aromatic rings. The third-order valence-corrected chi connectivity index (χ3v) is 18.5. The summed E-state index contributed by atoms with van der Waals surface area (Å²) in [5.41, 5.74) is 16.1. The second-order valence-corrected chi connectivity index (χ2v) is 27.2. The summed E-state index contributed by atoms with van der Waals surface area (Å²) in [5.74, 6) is 0. The minimum atomic E-state index is -0.655. The normalized spacial score (nSPS) is 15.0. The molecule has 2 aliphatic heterocycles. The third kappa shape index (κ3) is 9.12. The summed E-state index contributed by atoms with van der Waals surface area (Å²) < 4.78 is 123. The average Bonchev–Trinajstić information content (AvgIpc) is 1.55. The molecule has 0 aliphatic carbocycles. The molecular formula is C85H70BN5. The van der Waals surface area contributed by atoms with E-state index in [2.05, 4.69) is 180 Å². The standard InChI is InChI=1S/C85H70BN5/c1-83(2,3)61-35-41-75-69(47-61)70-48-62(84(4,5)6)36-42-76(70)91(75)77-51-64(37-33-58(77)53-87)89-79-52-65(88-73-31-21-19-29-67(73)68-30-20-22-32-74(68)88)38-40-72(79)86-71-39-34-57(54-23-13-10-14-24-54)46-78(71)90(81-50-63(85(7,8)9)49-80(89)82(81)86)66-44-59(55-25-15-11-16-26-55)43-60(45-66)56-27-17-12-18-28-56/h10-52H,1-9H3/i10D,13D,14D,19D,20D,21D,22D,23D,24D,29D,30D,31D,32D. The number of para-hydroxylation sites is 2. The summed E-state index contributed by atoms with van der Waals surface area (Å²) in [6.45, 7) is 19.0. The van der Waals surface area contributed by atoms with Gasteiger partial charge in [0.05, 0.1) is 51.1 Å². The van der Waals surface area contributed by atoms with Gasteiger partial charge in [-0.3, -0.25) is 0 Å². The van der Waals surface area contributed by atoms with Crippen LogP contribution in [0.1, 0.15) is 102 Å². The van der Waals surface area contributed by atoms with E-state index in [4.69, 9.17) is 9.60 Å². The molecule has 0 bridgehead atoms. The van der Waals surface area contributed by atoms with Gasteiger partial charge < -0.3 is 18.9 Å². The maximum absolute atomic E-state index is 11.5. The average molecular weight is 1190 g/mol. The van der Waals surface area contributed by atoms with Crippen LogP contribution in [0.15, 0.2) is 261 Å². The topological polar surface area (TPSA) is 40.1 Å². The highest BCUT2D eigenvalue weighted by Crippen LogP contribution is 2.50. The van der Waals surface area contributed by atoms with Crippen molar-refractivity contribution in [2.45, 2.75) is 78.6 Å². The number of rotatable bonds is 7. The Kier molecular flexibility index (Phi) is 9.83. The van der Waals surface area contributed by atoms with Crippen molar-refractivity contribution in [3.63, 3.8) is 0 Å². The second kappa shape index (κ2) is 20.7. The molecule has 4 heterocycles. The van der Waals surface area contributed by atoms with Gasteiger partial charge in [0.2, 0.25) is 0 Å². The van der Waals surface area contributed by atoms with Gasteiger partial charge in [0, 0.05) is 61.4 Å². The number of hydrogen-bond acceptors (Lipinski definition) is 3. The Morgan fingerprint density at radius 1 is 0.341 bits per heavy atom. The quantitative estimate of drug-likeness (QED) is 0.149. The highest BCUT2D eigenvalue weighted by Gasteiger charge is 2.45. The molecule has 16 rings (SSSR count). The monoisotopic (exact) mass is 1180 g/mol. The molecule has 0 saturated carbocycles. The van der Waals surface area contributed by atoms with E-state index in [9.17, 15) is 13.5 Å². The molecule has 0 saturated heterocycles. The van der Waals surface area contributed by atoms with Crippen molar-refractivity contribution in [1.82, 2.24) is 9.13 Å². The molecule has 5 nitrogen and oxygen atoms in total. The van der Waals surface area contributed by atoms with Gasteiger partial charge in [0.1, 0.15) is 6.07 Å². The zero-order valence-corrected chi connectivity index (χ0v) is 52.1. The molecule has 438 valence electrons. The fourth-order valence-electron chi connectivity index (χ4n) is 13.8. The number of anilines is 6. The van der Waals surface area contributed by atoms with Gasteiger partial charge in [-0.1, -0.05) is 220 Å². The van der Waals surface area contributed by atoms with E-state index in [1.54, 1.807) is 4.57 Å². The van der Waals surface area contributed by atoms with Gasteiger partial charge in [0.25, 0.3) is 6.71 Å². The molecule has 0 fully saturated rings. The van der Waals surface area contributed by atoms with Crippen LogP contribution in [0.2, 0.25) is 0 Å². The van der Waals surface area contributed by atoms with Crippen LogP contribution in [-0.2, 0) is 16.2 Å². The van der Waals surface area contributed by atoms with Crippen molar-refractivity contribution in [3.05, 3.63) is 283 Å². The van der Waals surface area contributed by atoms with Gasteiger partial charge in [-0.15, -0.1) is 0 Å². The fourth-order valence-corrected chi connectivity index (χ4v) is 13.8. The maximum Gasteiger partial charge on any atom is 0.252 e. The lowest BCUT2D eigenvalue weighted by molar-refractivity contribution is 0.590. The lowest BCUT2D eigenvalue weighted by atomic mass is 9.33. The van der Waals surface area contributed by atoms with E-state index in [0.29, 0.717) is 39.6 Å². The van der Waals surface area contributed by atoms with Crippen LogP contribution >= 0.6 is 0 Å². The van der Waals surface area contributed by atoms with Gasteiger partial charge in [-0.2, -0.15) is 5.26 Å². The smallest absolute Gasteiger partial charge is 0.252 e. The Morgan fingerprint density at radius 2 is 0.835 bits per heavy atom. The highest BCUT2D eigenvalue weighted by atomic mass is 15.2. The van der Waals surface area contributed by atoms with E-state index in [0.717, 1.165) is 94.2 Å². The number of nitriles is 1. The molecular weight excluding hydrogens is 1100 g/mol. The van der Waals surface area contributed by atoms with Crippen molar-refractivity contribution in [3.8, 4) is 50.8 Å². The summed E-state index contributed by atoms with van der Waals surface area (Å²) in [7, 11) is 0. The molecule has 0 unspecified atom stereocenters. The maximum atomic E-state index is 11.5. The van der Waals surface area contributed by atoms with Crippen LogP contribution in [0.4, 0.5) is 34.1 Å². The van der Waals surface area contributed by atoms with Crippen LogP contribution in [0.3, 0.4) is 0 Å². The Labute approximate surface area is 552 Å². The number of aromatic nitrogens is 2. The first-order chi connectivity index (χ1) is 49.4. The second-order valence-electron chi connectivity index (χ2n) is 27.2. The fraction of sp³-hybridized carbons (Fsp3) is 0.141. The summed E-state index contributed by atoms with van der Waals surface area (Å²) in [5, 5.41) is 13.5. The van der Waals surface area contributed by atoms with E-state index in [1.807, 2.05) is 84.9 Å². The summed E-state index contributed by atoms with van der Waals surface area (Å²) >= 11 is 0. The lowest BCUT2D eigenvalue weighted by Gasteiger charge is -2.45. The molecule has 0 N–H and O–H groups in total. The lowest BCUT2D eigenvalue weighted by Crippen LogP contribution is -2.61. The molecule has 0 radical (unpaired) electrons. The van der Waals surface area contributed by atoms with Crippen LogP contribution < -0.4 is 26.2 Å². The van der Waals surface area contributed by atoms with Crippen LogP contribution in [0, 0.1) is 11.3 Å². The summed E-state index contributed by atoms with van der Waals surface area (Å²) in [6, 6.07) is 58.2. The summed E-state index contributed by atoms with van der Waals surface area (Å²) in [4.78, 5) is 4.43. The van der Waals surface area contributed by atoms with Crippen molar-refractivity contribution < 1.29 is 17.8 Å². The van der Waals surface area contributed by atoms with Crippen LogP contribution in [-0.4, -0.2) is 15.8 Å². The van der Waals surface area contributed by atoms with Gasteiger partial charge in [0.15, 0.2) is 0 Å². The molecule has 0 spiro atoms. The minimum Gasteiger partial charge on any atom is -0.311 e. The van der Waals surface area contributed by atoms with Crippen LogP contribution in [0.5, 0.6) is 0 Å².